The molecule has 36 heavy (non-hydrogen) atoms. The van der Waals surface area contributed by atoms with Crippen LogP contribution in [0, 0.1) is 11.6 Å². The van der Waals surface area contributed by atoms with Crippen molar-refractivity contribution >= 4 is 28.3 Å². The zero-order valence-corrected chi connectivity index (χ0v) is 18.7. The molecule has 186 valence electrons. The van der Waals surface area contributed by atoms with Crippen LogP contribution in [-0.2, 0) is 17.3 Å². The summed E-state index contributed by atoms with van der Waals surface area (Å²) in [5.41, 5.74) is 5.83. The van der Waals surface area contributed by atoms with E-state index in [0.717, 1.165) is 18.2 Å². The van der Waals surface area contributed by atoms with Gasteiger partial charge in [0.05, 0.1) is 52.9 Å². The highest BCUT2D eigenvalue weighted by atomic mass is 19.4. The van der Waals surface area contributed by atoms with E-state index in [1.165, 1.54) is 23.5 Å². The molecule has 2 N–H and O–H groups in total. The molecule has 2 aromatic carbocycles. The number of benzene rings is 2. The lowest BCUT2D eigenvalue weighted by atomic mass is 10.00. The Bertz CT molecular complexity index is 1570. The minimum absolute atomic E-state index is 0.0417. The zero-order valence-electron chi connectivity index (χ0n) is 18.7. The van der Waals surface area contributed by atoms with Crippen LogP contribution in [0.15, 0.2) is 36.8 Å². The van der Waals surface area contributed by atoms with Gasteiger partial charge in [0, 0.05) is 19.0 Å². The van der Waals surface area contributed by atoms with Crippen LogP contribution in [0.25, 0.3) is 16.6 Å². The molecule has 0 bridgehead atoms. The Morgan fingerprint density at radius 1 is 1.14 bits per heavy atom. The molecule has 2 aliphatic rings. The maximum atomic E-state index is 15.2. The number of alkyl halides is 3. The van der Waals surface area contributed by atoms with Crippen LogP contribution in [-0.4, -0.2) is 43.9 Å². The van der Waals surface area contributed by atoms with Crippen LogP contribution in [0.3, 0.4) is 0 Å². The second kappa shape index (κ2) is 7.60. The lowest BCUT2D eigenvalue weighted by molar-refractivity contribution is -0.140. The Morgan fingerprint density at radius 2 is 1.92 bits per heavy atom. The number of halogens is 5. The van der Waals surface area contributed by atoms with Crippen molar-refractivity contribution in [2.75, 3.05) is 12.3 Å². The van der Waals surface area contributed by atoms with Gasteiger partial charge < -0.3 is 15.4 Å². The van der Waals surface area contributed by atoms with Crippen LogP contribution >= 0.6 is 0 Å². The first-order valence-electron chi connectivity index (χ1n) is 11.1. The van der Waals surface area contributed by atoms with Crippen molar-refractivity contribution in [3.8, 4) is 0 Å². The topological polar surface area (TPSA) is 85.8 Å². The van der Waals surface area contributed by atoms with E-state index in [4.69, 9.17) is 10.5 Å². The van der Waals surface area contributed by atoms with Gasteiger partial charge in [-0.2, -0.15) is 13.2 Å². The van der Waals surface area contributed by atoms with Gasteiger partial charge in [-0.15, -0.1) is 0 Å². The van der Waals surface area contributed by atoms with Gasteiger partial charge in [-0.3, -0.25) is 9.20 Å². The fraction of sp³-hybridized carbons (Fsp3) is 0.292. The van der Waals surface area contributed by atoms with E-state index in [-0.39, 0.29) is 41.0 Å². The van der Waals surface area contributed by atoms with E-state index in [1.807, 2.05) is 0 Å². The average Bonchev–Trinajstić information content (AvgIpc) is 3.42. The van der Waals surface area contributed by atoms with Gasteiger partial charge in [-0.1, -0.05) is 0 Å². The molecule has 2 aromatic heterocycles. The van der Waals surface area contributed by atoms with Crippen LogP contribution in [0.2, 0.25) is 0 Å². The molecule has 3 atom stereocenters. The number of anilines is 1. The highest BCUT2D eigenvalue weighted by Gasteiger charge is 2.46. The summed E-state index contributed by atoms with van der Waals surface area (Å²) in [6.45, 7) is 1.75. The lowest BCUT2D eigenvalue weighted by Gasteiger charge is -2.41. The number of hydrogen-bond acceptors (Lipinski definition) is 5. The summed E-state index contributed by atoms with van der Waals surface area (Å²) >= 11 is 0. The van der Waals surface area contributed by atoms with E-state index in [1.54, 1.807) is 11.3 Å². The summed E-state index contributed by atoms with van der Waals surface area (Å²) in [4.78, 5) is 23.3. The van der Waals surface area contributed by atoms with Crippen LogP contribution in [0.4, 0.5) is 27.8 Å². The highest BCUT2D eigenvalue weighted by molar-refractivity contribution is 5.99. The molecule has 1 fully saturated rings. The Balaban J connectivity index is 1.46. The van der Waals surface area contributed by atoms with Crippen molar-refractivity contribution < 1.29 is 31.5 Å². The number of ether oxygens (including phenoxy) is 1. The van der Waals surface area contributed by atoms with E-state index in [0.29, 0.717) is 11.0 Å². The zero-order chi connectivity index (χ0) is 25.5. The van der Waals surface area contributed by atoms with Crippen molar-refractivity contribution in [3.63, 3.8) is 0 Å². The Kier molecular flexibility index (Phi) is 4.78. The predicted molar refractivity (Wildman–Crippen MR) is 118 cm³/mol. The third kappa shape index (κ3) is 3.31. The molecule has 4 aromatic rings. The van der Waals surface area contributed by atoms with Gasteiger partial charge in [0.2, 0.25) is 0 Å². The molecule has 0 spiro atoms. The molecule has 12 heteroatoms. The van der Waals surface area contributed by atoms with Gasteiger partial charge in [0.1, 0.15) is 23.0 Å². The molecule has 0 saturated carbocycles. The number of nitrogens with zero attached hydrogens (tertiary/aromatic N) is 4. The van der Waals surface area contributed by atoms with Gasteiger partial charge in [0.25, 0.3) is 5.91 Å². The first-order chi connectivity index (χ1) is 17.0. The molecular weight excluding hydrogens is 485 g/mol. The highest BCUT2D eigenvalue weighted by Crippen LogP contribution is 2.45. The molecule has 1 aliphatic carbocycles. The number of carbonyl (C=O) groups is 1. The van der Waals surface area contributed by atoms with E-state index in [2.05, 4.69) is 9.97 Å². The van der Waals surface area contributed by atoms with Crippen molar-refractivity contribution in [1.29, 1.82) is 0 Å². The molecule has 1 saturated heterocycles. The van der Waals surface area contributed by atoms with Crippen LogP contribution < -0.4 is 5.73 Å². The van der Waals surface area contributed by atoms with Gasteiger partial charge >= 0.3 is 6.18 Å². The molecular formula is C24H18F5N5O2. The summed E-state index contributed by atoms with van der Waals surface area (Å²) in [5, 5.41) is 0. The number of aromatic nitrogens is 3. The van der Waals surface area contributed by atoms with Gasteiger partial charge in [-0.05, 0) is 36.2 Å². The maximum Gasteiger partial charge on any atom is 0.419 e. The van der Waals surface area contributed by atoms with Gasteiger partial charge in [-0.25, -0.2) is 18.7 Å². The monoisotopic (exact) mass is 503 g/mol. The number of imidazole rings is 1. The number of rotatable bonds is 1. The smallest absolute Gasteiger partial charge is 0.382 e. The Hall–Kier alpha value is -3.80. The summed E-state index contributed by atoms with van der Waals surface area (Å²) in [6.07, 6.45) is -3.01. The number of morpholine rings is 1. The SMILES string of the molecule is C[C@H]1CN(C(=O)c2cc3c(cc2F)nc(N)c2cncn23)[C@H]2c3cc(F)c(C(F)(F)F)cc3C[C@H]2O1. The third-order valence-electron chi connectivity index (χ3n) is 6.78. The fourth-order valence-electron chi connectivity index (χ4n) is 5.28. The standard InChI is InChI=1S/C24H18F5N5O2/c1-10-8-33(21-12-4-16(26)14(24(27,28)29)2-11(12)3-20(21)36-10)23(35)13-5-18-17(6-15(13)25)32-22(30)19-7-31-9-34(18)19/h2,4-7,9-10,20-21H,3,8H2,1H3,(H2,30,32)/t10-,20+,21-/m0/s1. The third-order valence-corrected chi connectivity index (χ3v) is 6.78. The number of carbonyl (C=O) groups excluding carboxylic acids is 1. The van der Waals surface area contributed by atoms with E-state index >= 15 is 4.39 Å². The predicted octanol–water partition coefficient (Wildman–Crippen LogP) is 4.29. The van der Waals surface area contributed by atoms with Crippen molar-refractivity contribution in [2.45, 2.75) is 37.8 Å². The molecule has 1 aliphatic heterocycles. The molecule has 1 amide bonds. The largest absolute Gasteiger partial charge is 0.419 e. The first kappa shape index (κ1) is 22.7. The number of amides is 1. The fourth-order valence-corrected chi connectivity index (χ4v) is 5.28. The first-order valence-corrected chi connectivity index (χ1v) is 11.1. The summed E-state index contributed by atoms with van der Waals surface area (Å²) in [6, 6.07) is 3.14. The number of nitrogen functional groups attached to an aromatic ring is 1. The second-order valence-electron chi connectivity index (χ2n) is 9.09. The van der Waals surface area contributed by atoms with Crippen molar-refractivity contribution in [3.05, 3.63) is 70.7 Å². The van der Waals surface area contributed by atoms with Crippen LogP contribution in [0.5, 0.6) is 0 Å². The quantitative estimate of drug-likeness (QED) is 0.392. The number of nitrogens with two attached hydrogens (primary N) is 1. The van der Waals surface area contributed by atoms with Crippen molar-refractivity contribution in [2.24, 2.45) is 0 Å². The average molecular weight is 503 g/mol. The lowest BCUT2D eigenvalue weighted by Crippen LogP contribution is -2.50. The molecule has 6 rings (SSSR count). The maximum absolute atomic E-state index is 15.2. The number of fused-ring (bicyclic) bond motifs is 6. The van der Waals surface area contributed by atoms with E-state index < -0.39 is 47.5 Å². The van der Waals surface area contributed by atoms with Crippen molar-refractivity contribution in [1.82, 2.24) is 19.3 Å². The molecule has 7 nitrogen and oxygen atoms in total. The molecule has 0 radical (unpaired) electrons. The molecule has 0 unspecified atom stereocenters. The second-order valence-corrected chi connectivity index (χ2v) is 9.09. The summed E-state index contributed by atoms with van der Waals surface area (Å²) < 4.78 is 76.9. The van der Waals surface area contributed by atoms with Crippen LogP contribution in [0.1, 0.15) is 40.0 Å². The normalized spacial score (nSPS) is 21.7. The van der Waals surface area contributed by atoms with Gasteiger partial charge in [0.15, 0.2) is 0 Å². The van der Waals surface area contributed by atoms with E-state index in [9.17, 15) is 22.4 Å². The Labute approximate surface area is 200 Å². The molecule has 3 heterocycles. The summed E-state index contributed by atoms with van der Waals surface area (Å²) in [5.74, 6) is -2.83. The Morgan fingerprint density at radius 3 is 2.67 bits per heavy atom. The summed E-state index contributed by atoms with van der Waals surface area (Å²) in [7, 11) is 0. The minimum atomic E-state index is -4.86. The minimum Gasteiger partial charge on any atom is -0.382 e. The number of hydrogen-bond donors (Lipinski definition) is 1.